The first-order valence-electron chi connectivity index (χ1n) is 10.5. The number of methoxy groups -OCH3 is 1. The minimum absolute atomic E-state index is 0.0420. The summed E-state index contributed by atoms with van der Waals surface area (Å²) in [5.74, 6) is -0.0183. The quantitative estimate of drug-likeness (QED) is 0.509. The molecule has 7 nitrogen and oxygen atoms in total. The van der Waals surface area contributed by atoms with Crippen LogP contribution in [0.3, 0.4) is 0 Å². The van der Waals surface area contributed by atoms with Crippen molar-refractivity contribution >= 4 is 11.8 Å². The Kier molecular flexibility index (Phi) is 7.08. The van der Waals surface area contributed by atoms with Crippen LogP contribution in [0.4, 0.5) is 0 Å². The molecule has 0 radical (unpaired) electrons. The van der Waals surface area contributed by atoms with Crippen LogP contribution < -0.4 is 10.5 Å². The molecule has 7 heteroatoms. The summed E-state index contributed by atoms with van der Waals surface area (Å²) in [6.07, 6.45) is 0.984. The first-order chi connectivity index (χ1) is 14.8. The predicted octanol–water partition coefficient (Wildman–Crippen LogP) is 3.56. The third-order valence-corrected chi connectivity index (χ3v) is 5.27. The maximum atomic E-state index is 13.3. The fourth-order valence-electron chi connectivity index (χ4n) is 4.06. The number of nitrogens with two attached hydrogens (primary N) is 1. The van der Waals surface area contributed by atoms with Gasteiger partial charge in [0.25, 0.3) is 0 Å². The molecule has 1 aromatic carbocycles. The highest BCUT2D eigenvalue weighted by Crippen LogP contribution is 2.43. The molecular weight excluding hydrogens is 396 g/mol. The minimum atomic E-state index is -0.539. The Hall–Kier alpha value is -2.77. The van der Waals surface area contributed by atoms with Crippen LogP contribution in [0.25, 0.3) is 11.1 Å². The fourth-order valence-corrected chi connectivity index (χ4v) is 4.06. The zero-order valence-corrected chi connectivity index (χ0v) is 18.6. The number of esters is 1. The Morgan fingerprint density at radius 1 is 1.19 bits per heavy atom. The number of fused-ring (bicyclic) bond motifs is 1. The van der Waals surface area contributed by atoms with Gasteiger partial charge in [0.15, 0.2) is 5.78 Å². The maximum Gasteiger partial charge on any atom is 0.340 e. The van der Waals surface area contributed by atoms with Crippen LogP contribution in [0.15, 0.2) is 24.3 Å². The highest BCUT2D eigenvalue weighted by molar-refractivity contribution is 6.11. The first-order valence-corrected chi connectivity index (χ1v) is 10.5. The van der Waals surface area contributed by atoms with Crippen molar-refractivity contribution < 1.29 is 23.8 Å². The highest BCUT2D eigenvalue weighted by Gasteiger charge is 2.38. The van der Waals surface area contributed by atoms with Crippen LogP contribution in [-0.2, 0) is 22.5 Å². The van der Waals surface area contributed by atoms with Gasteiger partial charge in [-0.3, -0.25) is 9.78 Å². The van der Waals surface area contributed by atoms with Crippen LogP contribution in [0, 0.1) is 5.41 Å². The number of nitrogens with zero attached hydrogens (tertiary/aromatic N) is 1. The van der Waals surface area contributed by atoms with Crippen molar-refractivity contribution in [3.8, 4) is 16.9 Å². The van der Waals surface area contributed by atoms with Crippen molar-refractivity contribution in [2.45, 2.75) is 40.2 Å². The van der Waals surface area contributed by atoms with E-state index in [1.54, 1.807) is 20.1 Å². The lowest BCUT2D eigenvalue weighted by molar-refractivity contribution is 0.0518. The standard InChI is InChI=1S/C24H30N2O5/c1-5-31-23(28)22-17(14-30-11-10-25)26-16-12-24(2,3)13-18(27)21(16)20(22)15-8-6-7-9-19(15)29-4/h6-9H,5,10-14,25H2,1-4H3. The molecule has 1 aliphatic rings. The molecular formula is C24H30N2O5. The largest absolute Gasteiger partial charge is 0.496 e. The number of rotatable bonds is 8. The second-order valence-electron chi connectivity index (χ2n) is 8.33. The summed E-state index contributed by atoms with van der Waals surface area (Å²) < 4.78 is 16.6. The van der Waals surface area contributed by atoms with Gasteiger partial charge in [-0.15, -0.1) is 0 Å². The highest BCUT2D eigenvalue weighted by atomic mass is 16.5. The minimum Gasteiger partial charge on any atom is -0.496 e. The summed E-state index contributed by atoms with van der Waals surface area (Å²) >= 11 is 0. The van der Waals surface area contributed by atoms with Crippen LogP contribution in [-0.4, -0.2) is 43.6 Å². The fraction of sp³-hybridized carbons (Fsp3) is 0.458. The topological polar surface area (TPSA) is 101 Å². The number of carbonyl (C=O) groups is 2. The smallest absolute Gasteiger partial charge is 0.340 e. The normalized spacial score (nSPS) is 14.8. The number of hydrogen-bond acceptors (Lipinski definition) is 7. The van der Waals surface area contributed by atoms with Gasteiger partial charge in [0.05, 0.1) is 43.9 Å². The van der Waals surface area contributed by atoms with Crippen LogP contribution in [0.1, 0.15) is 59.3 Å². The molecule has 0 amide bonds. The van der Waals surface area contributed by atoms with E-state index in [0.29, 0.717) is 59.8 Å². The molecule has 1 aliphatic carbocycles. The van der Waals surface area contributed by atoms with Gasteiger partial charge in [0, 0.05) is 29.7 Å². The van der Waals surface area contributed by atoms with Crippen molar-refractivity contribution in [2.24, 2.45) is 11.1 Å². The van der Waals surface area contributed by atoms with E-state index in [-0.39, 0.29) is 30.0 Å². The molecule has 166 valence electrons. The van der Waals surface area contributed by atoms with Gasteiger partial charge in [-0.2, -0.15) is 0 Å². The Labute approximate surface area is 182 Å². The summed E-state index contributed by atoms with van der Waals surface area (Å²) in [7, 11) is 1.56. The third kappa shape index (κ3) is 4.78. The first kappa shape index (κ1) is 22.9. The molecule has 1 heterocycles. The van der Waals surface area contributed by atoms with E-state index in [2.05, 4.69) is 0 Å². The van der Waals surface area contributed by atoms with Gasteiger partial charge in [-0.05, 0) is 24.8 Å². The maximum absolute atomic E-state index is 13.3. The van der Waals surface area contributed by atoms with Crippen LogP contribution >= 0.6 is 0 Å². The summed E-state index contributed by atoms with van der Waals surface area (Å²) in [5, 5.41) is 0. The molecule has 0 aliphatic heterocycles. The number of benzene rings is 1. The molecule has 0 atom stereocenters. The van der Waals surface area contributed by atoms with Crippen LogP contribution in [0.2, 0.25) is 0 Å². The van der Waals surface area contributed by atoms with Crippen molar-refractivity contribution in [2.75, 3.05) is 26.9 Å². The number of carbonyl (C=O) groups excluding carboxylic acids is 2. The van der Waals surface area contributed by atoms with Gasteiger partial charge in [0.1, 0.15) is 5.75 Å². The number of Topliss-reactive ketones (excluding diaryl/α,β-unsaturated/α-hetero) is 1. The molecule has 0 bridgehead atoms. The van der Waals surface area contributed by atoms with E-state index >= 15 is 0 Å². The Balaban J connectivity index is 2.36. The zero-order valence-electron chi connectivity index (χ0n) is 18.6. The summed E-state index contributed by atoms with van der Waals surface area (Å²) in [6.45, 7) is 6.80. The Bertz CT molecular complexity index is 984. The van der Waals surface area contributed by atoms with Crippen molar-refractivity contribution in [3.63, 3.8) is 0 Å². The van der Waals surface area contributed by atoms with E-state index in [1.165, 1.54) is 0 Å². The third-order valence-electron chi connectivity index (χ3n) is 5.27. The number of ketones is 1. The molecule has 2 aromatic rings. The molecule has 0 saturated heterocycles. The van der Waals surface area contributed by atoms with Crippen molar-refractivity contribution in [1.82, 2.24) is 4.98 Å². The van der Waals surface area contributed by atoms with Gasteiger partial charge in [-0.25, -0.2) is 4.79 Å². The van der Waals surface area contributed by atoms with Gasteiger partial charge in [0.2, 0.25) is 0 Å². The molecule has 31 heavy (non-hydrogen) atoms. The van der Waals surface area contributed by atoms with E-state index in [1.807, 2.05) is 32.0 Å². The second-order valence-corrected chi connectivity index (χ2v) is 8.33. The van der Waals surface area contributed by atoms with Crippen LogP contribution in [0.5, 0.6) is 5.75 Å². The average Bonchev–Trinajstić information content (AvgIpc) is 2.72. The van der Waals surface area contributed by atoms with E-state index in [4.69, 9.17) is 24.9 Å². The van der Waals surface area contributed by atoms with Gasteiger partial charge < -0.3 is 19.9 Å². The predicted molar refractivity (Wildman–Crippen MR) is 117 cm³/mol. The lowest BCUT2D eigenvalue weighted by atomic mass is 9.73. The summed E-state index contributed by atoms with van der Waals surface area (Å²) in [6, 6.07) is 7.34. The molecule has 0 unspecified atom stereocenters. The second kappa shape index (κ2) is 9.58. The number of ether oxygens (including phenoxy) is 3. The number of hydrogen-bond donors (Lipinski definition) is 1. The van der Waals surface area contributed by atoms with Crippen molar-refractivity contribution in [1.29, 1.82) is 0 Å². The molecule has 0 saturated carbocycles. The SMILES string of the molecule is CCOC(=O)c1c(COCCN)nc2c(c1-c1ccccc1OC)C(=O)CC(C)(C)C2. The molecule has 3 rings (SSSR count). The lowest BCUT2D eigenvalue weighted by Gasteiger charge is -2.32. The van der Waals surface area contributed by atoms with Gasteiger partial charge in [-0.1, -0.05) is 32.0 Å². The Morgan fingerprint density at radius 3 is 2.61 bits per heavy atom. The van der Waals surface area contributed by atoms with E-state index < -0.39 is 5.97 Å². The lowest BCUT2D eigenvalue weighted by Crippen LogP contribution is -2.30. The monoisotopic (exact) mass is 426 g/mol. The van der Waals surface area contributed by atoms with E-state index in [0.717, 1.165) is 0 Å². The summed E-state index contributed by atoms with van der Waals surface area (Å²) in [5.41, 5.74) is 8.32. The molecule has 0 spiro atoms. The molecule has 0 fully saturated rings. The summed E-state index contributed by atoms with van der Waals surface area (Å²) in [4.78, 5) is 31.2. The number of para-hydroxylation sites is 1. The molecule has 1 aromatic heterocycles. The van der Waals surface area contributed by atoms with E-state index in [9.17, 15) is 9.59 Å². The number of aromatic nitrogens is 1. The zero-order chi connectivity index (χ0) is 22.6. The van der Waals surface area contributed by atoms with Gasteiger partial charge >= 0.3 is 5.97 Å². The average molecular weight is 427 g/mol. The van der Waals surface area contributed by atoms with Crippen molar-refractivity contribution in [3.05, 3.63) is 46.8 Å². The molecule has 2 N–H and O–H groups in total. The number of pyridine rings is 1. The Morgan fingerprint density at radius 2 is 1.94 bits per heavy atom.